The van der Waals surface area contributed by atoms with Gasteiger partial charge >= 0.3 is 0 Å². The number of nitro groups is 1. The first-order chi connectivity index (χ1) is 16.9. The molecule has 4 aromatic rings. The molecule has 1 saturated heterocycles. The first-order valence-electron chi connectivity index (χ1n) is 11.1. The molecule has 0 radical (unpaired) electrons. The second kappa shape index (κ2) is 9.27. The first-order valence-corrected chi connectivity index (χ1v) is 11.5. The number of carbonyl (C=O) groups excluding carboxylic acids is 1. The Bertz CT molecular complexity index is 1390. The lowest BCUT2D eigenvalue weighted by molar-refractivity contribution is -0.384. The highest BCUT2D eigenvalue weighted by atomic mass is 35.5. The van der Waals surface area contributed by atoms with Crippen molar-refractivity contribution in [3.63, 3.8) is 0 Å². The molecule has 0 unspecified atom stereocenters. The molecule has 0 aliphatic carbocycles. The van der Waals surface area contributed by atoms with Crippen LogP contribution < -0.4 is 4.90 Å². The lowest BCUT2D eigenvalue weighted by atomic mass is 10.2. The Kier molecular flexibility index (Phi) is 6.00. The summed E-state index contributed by atoms with van der Waals surface area (Å²) < 4.78 is 7.30. The maximum absolute atomic E-state index is 13.6. The van der Waals surface area contributed by atoms with E-state index >= 15 is 0 Å². The van der Waals surface area contributed by atoms with E-state index in [0.717, 1.165) is 11.4 Å². The number of hydrogen-bond acceptors (Lipinski definition) is 6. The van der Waals surface area contributed by atoms with Crippen LogP contribution in [-0.2, 0) is 0 Å². The molecule has 5 rings (SSSR count). The van der Waals surface area contributed by atoms with Crippen LogP contribution in [0.5, 0.6) is 0 Å². The maximum atomic E-state index is 13.6. The summed E-state index contributed by atoms with van der Waals surface area (Å²) in [5.41, 5.74) is 2.49. The van der Waals surface area contributed by atoms with Crippen LogP contribution in [0, 0.1) is 17.0 Å². The molecule has 10 heteroatoms. The SMILES string of the molecule is Cc1ccc(-c2cc(C(=O)N3CCN(c4ccc([N+](=O)[O-])cc4)CC3)n(-c3ccccc3Cl)n2)o1. The summed E-state index contributed by atoms with van der Waals surface area (Å²) in [4.78, 5) is 28.0. The average molecular weight is 492 g/mol. The monoisotopic (exact) mass is 491 g/mol. The Balaban J connectivity index is 1.39. The molecule has 0 spiro atoms. The van der Waals surface area contributed by atoms with Gasteiger partial charge < -0.3 is 14.2 Å². The van der Waals surface area contributed by atoms with Gasteiger partial charge in [0.25, 0.3) is 11.6 Å². The summed E-state index contributed by atoms with van der Waals surface area (Å²) in [5.74, 6) is 1.17. The van der Waals surface area contributed by atoms with Crippen LogP contribution in [0.1, 0.15) is 16.2 Å². The number of rotatable bonds is 5. The Morgan fingerprint density at radius 3 is 2.37 bits per heavy atom. The van der Waals surface area contributed by atoms with Crippen molar-refractivity contribution in [2.75, 3.05) is 31.1 Å². The number of para-hydroxylation sites is 1. The predicted octanol–water partition coefficient (Wildman–Crippen LogP) is 4.96. The Hall–Kier alpha value is -4.11. The zero-order valence-electron chi connectivity index (χ0n) is 18.9. The number of halogens is 1. The second-order valence-corrected chi connectivity index (χ2v) is 8.65. The number of nitro benzene ring substituents is 1. The van der Waals surface area contributed by atoms with Gasteiger partial charge in [0.1, 0.15) is 17.1 Å². The lowest BCUT2D eigenvalue weighted by Gasteiger charge is -2.36. The summed E-state index contributed by atoms with van der Waals surface area (Å²) in [6.45, 7) is 4.06. The van der Waals surface area contributed by atoms with E-state index in [-0.39, 0.29) is 11.6 Å². The van der Waals surface area contributed by atoms with Gasteiger partial charge in [-0.1, -0.05) is 23.7 Å². The molecular formula is C25H22ClN5O4. The summed E-state index contributed by atoms with van der Waals surface area (Å²) in [7, 11) is 0. The average Bonchev–Trinajstić information content (AvgIpc) is 3.51. The molecule has 1 amide bonds. The van der Waals surface area contributed by atoms with Crippen LogP contribution >= 0.6 is 11.6 Å². The van der Waals surface area contributed by atoms with Gasteiger partial charge in [0.2, 0.25) is 0 Å². The minimum absolute atomic E-state index is 0.0537. The second-order valence-electron chi connectivity index (χ2n) is 8.24. The van der Waals surface area contributed by atoms with Crippen LogP contribution in [0.2, 0.25) is 5.02 Å². The zero-order valence-corrected chi connectivity index (χ0v) is 19.7. The molecule has 0 N–H and O–H groups in total. The molecule has 1 fully saturated rings. The number of hydrogen-bond donors (Lipinski definition) is 0. The topological polar surface area (TPSA) is 97.7 Å². The summed E-state index contributed by atoms with van der Waals surface area (Å²) in [6, 6.07) is 19.1. The molecule has 2 aromatic heterocycles. The van der Waals surface area contributed by atoms with E-state index in [9.17, 15) is 14.9 Å². The Labute approximate surface area is 206 Å². The molecule has 1 aliphatic rings. The Morgan fingerprint density at radius 2 is 1.74 bits per heavy atom. The number of non-ortho nitro benzene ring substituents is 1. The van der Waals surface area contributed by atoms with Crippen LogP contribution in [-0.4, -0.2) is 51.7 Å². The third kappa shape index (κ3) is 4.50. The molecule has 0 bridgehead atoms. The highest BCUT2D eigenvalue weighted by molar-refractivity contribution is 6.32. The number of amides is 1. The zero-order chi connectivity index (χ0) is 24.5. The maximum Gasteiger partial charge on any atom is 0.272 e. The number of benzene rings is 2. The number of furan rings is 1. The van der Waals surface area contributed by atoms with E-state index in [1.54, 1.807) is 33.8 Å². The molecule has 2 aromatic carbocycles. The van der Waals surface area contributed by atoms with E-state index in [2.05, 4.69) is 10.00 Å². The molecule has 3 heterocycles. The summed E-state index contributed by atoms with van der Waals surface area (Å²) in [5, 5.41) is 16.0. The third-order valence-electron chi connectivity index (χ3n) is 5.99. The normalized spacial score (nSPS) is 13.8. The van der Waals surface area contributed by atoms with E-state index < -0.39 is 4.92 Å². The number of carbonyl (C=O) groups is 1. The molecule has 178 valence electrons. The van der Waals surface area contributed by atoms with Crippen molar-refractivity contribution in [1.29, 1.82) is 0 Å². The first kappa shape index (κ1) is 22.7. The largest absolute Gasteiger partial charge is 0.460 e. The van der Waals surface area contributed by atoms with Crippen molar-refractivity contribution in [2.45, 2.75) is 6.92 Å². The van der Waals surface area contributed by atoms with E-state index in [1.807, 2.05) is 37.3 Å². The fourth-order valence-corrected chi connectivity index (χ4v) is 4.36. The van der Waals surface area contributed by atoms with Gasteiger partial charge in [-0.05, 0) is 43.3 Å². The number of nitrogens with zero attached hydrogens (tertiary/aromatic N) is 5. The highest BCUT2D eigenvalue weighted by Crippen LogP contribution is 2.28. The Morgan fingerprint density at radius 1 is 1.03 bits per heavy atom. The molecule has 35 heavy (non-hydrogen) atoms. The minimum Gasteiger partial charge on any atom is -0.460 e. The van der Waals surface area contributed by atoms with Crippen LogP contribution in [0.4, 0.5) is 11.4 Å². The van der Waals surface area contributed by atoms with Crippen LogP contribution in [0.3, 0.4) is 0 Å². The van der Waals surface area contributed by atoms with Gasteiger partial charge in [-0.25, -0.2) is 4.68 Å². The summed E-state index contributed by atoms with van der Waals surface area (Å²) in [6.07, 6.45) is 0. The quantitative estimate of drug-likeness (QED) is 0.289. The number of aryl methyl sites for hydroxylation is 1. The van der Waals surface area contributed by atoms with Crippen molar-refractivity contribution in [1.82, 2.24) is 14.7 Å². The van der Waals surface area contributed by atoms with Gasteiger partial charge in [-0.2, -0.15) is 5.10 Å². The lowest BCUT2D eigenvalue weighted by Crippen LogP contribution is -2.49. The fourth-order valence-electron chi connectivity index (χ4n) is 4.15. The van der Waals surface area contributed by atoms with Crippen molar-refractivity contribution in [2.24, 2.45) is 0 Å². The molecular weight excluding hydrogens is 470 g/mol. The number of anilines is 1. The minimum atomic E-state index is -0.416. The number of piperazine rings is 1. The van der Waals surface area contributed by atoms with Crippen LogP contribution in [0.15, 0.2) is 71.1 Å². The van der Waals surface area contributed by atoms with Gasteiger partial charge in [-0.15, -0.1) is 0 Å². The van der Waals surface area contributed by atoms with Crippen molar-refractivity contribution >= 4 is 28.9 Å². The summed E-state index contributed by atoms with van der Waals surface area (Å²) >= 11 is 6.44. The molecule has 0 atom stereocenters. The van der Waals surface area contributed by atoms with Crippen molar-refractivity contribution in [3.8, 4) is 17.1 Å². The van der Waals surface area contributed by atoms with E-state index in [1.165, 1.54) is 12.1 Å². The van der Waals surface area contributed by atoms with Gasteiger partial charge in [0, 0.05) is 50.1 Å². The van der Waals surface area contributed by atoms with Gasteiger partial charge in [0.15, 0.2) is 5.76 Å². The predicted molar refractivity (Wildman–Crippen MR) is 132 cm³/mol. The van der Waals surface area contributed by atoms with Gasteiger partial charge in [0.05, 0.1) is 15.6 Å². The molecule has 1 aliphatic heterocycles. The fraction of sp³-hybridized carbons (Fsp3) is 0.200. The highest BCUT2D eigenvalue weighted by Gasteiger charge is 2.27. The molecule has 9 nitrogen and oxygen atoms in total. The number of aromatic nitrogens is 2. The standard InChI is InChI=1S/C25H22ClN5O4/c1-17-6-11-24(35-17)21-16-23(30(27-21)22-5-3-2-4-20(22)26)25(32)29-14-12-28(13-15-29)18-7-9-19(10-8-18)31(33)34/h2-11,16H,12-15H2,1H3. The van der Waals surface area contributed by atoms with Crippen molar-refractivity contribution < 1.29 is 14.1 Å². The third-order valence-corrected chi connectivity index (χ3v) is 6.31. The van der Waals surface area contributed by atoms with E-state index in [4.69, 9.17) is 16.0 Å². The van der Waals surface area contributed by atoms with Crippen LogP contribution in [0.25, 0.3) is 17.1 Å². The van der Waals surface area contributed by atoms with E-state index in [0.29, 0.717) is 54.0 Å². The van der Waals surface area contributed by atoms with Crippen molar-refractivity contribution in [3.05, 3.63) is 93.3 Å². The molecule has 0 saturated carbocycles. The smallest absolute Gasteiger partial charge is 0.272 e. The van der Waals surface area contributed by atoms with Gasteiger partial charge in [-0.3, -0.25) is 14.9 Å².